The summed E-state index contributed by atoms with van der Waals surface area (Å²) in [6.45, 7) is 3.25. The van der Waals surface area contributed by atoms with Crippen molar-refractivity contribution in [3.63, 3.8) is 0 Å². The third-order valence-electron chi connectivity index (χ3n) is 7.28. The maximum Gasteiger partial charge on any atom is 0.264 e. The molecular weight excluding hydrogens is 653 g/mol. The number of carbonyl (C=O) groups is 2. The number of nitrogens with zero attached hydrogens (tertiary/aromatic N) is 2. The van der Waals surface area contributed by atoms with Crippen LogP contribution in [0.3, 0.4) is 0 Å². The smallest absolute Gasteiger partial charge is 0.264 e. The highest BCUT2D eigenvalue weighted by Gasteiger charge is 2.35. The van der Waals surface area contributed by atoms with Gasteiger partial charge in [-0.2, -0.15) is 0 Å². The molecule has 236 valence electrons. The molecule has 4 rings (SSSR count). The molecule has 0 aliphatic carbocycles. The molecule has 0 unspecified atom stereocenters. The fraction of sp³-hybridized carbons (Fsp3) is 0.235. The fourth-order valence-electron chi connectivity index (χ4n) is 4.71. The molecule has 0 aliphatic heterocycles. The van der Waals surface area contributed by atoms with Crippen molar-refractivity contribution in [2.24, 2.45) is 0 Å². The van der Waals surface area contributed by atoms with Crippen LogP contribution in [0.25, 0.3) is 0 Å². The fourth-order valence-corrected chi connectivity index (χ4v) is 6.77. The lowest BCUT2D eigenvalue weighted by molar-refractivity contribution is -0.140. The molecule has 11 heteroatoms. The first-order valence-corrected chi connectivity index (χ1v) is 17.0. The summed E-state index contributed by atoms with van der Waals surface area (Å²) in [7, 11) is -4.27. The highest BCUT2D eigenvalue weighted by atomic mass is 35.5. The summed E-state index contributed by atoms with van der Waals surface area (Å²) in [6.07, 6.45) is 0.893. The minimum atomic E-state index is -4.27. The summed E-state index contributed by atoms with van der Waals surface area (Å²) < 4.78 is 29.1. The van der Waals surface area contributed by atoms with Gasteiger partial charge in [0.05, 0.1) is 10.6 Å². The van der Waals surface area contributed by atoms with Gasteiger partial charge in [0.1, 0.15) is 12.6 Å². The van der Waals surface area contributed by atoms with Crippen molar-refractivity contribution >= 4 is 62.3 Å². The number of nitrogens with one attached hydrogen (secondary N) is 1. The van der Waals surface area contributed by atoms with Crippen molar-refractivity contribution in [2.75, 3.05) is 10.8 Å². The first kappa shape index (κ1) is 34.3. The van der Waals surface area contributed by atoms with Crippen molar-refractivity contribution < 1.29 is 18.0 Å². The van der Waals surface area contributed by atoms with E-state index < -0.39 is 28.5 Å². The van der Waals surface area contributed by atoms with Gasteiger partial charge < -0.3 is 10.2 Å². The maximum absolute atomic E-state index is 14.5. The first-order chi connectivity index (χ1) is 21.5. The molecule has 1 N–H and O–H groups in total. The Morgan fingerprint density at radius 3 is 1.93 bits per heavy atom. The van der Waals surface area contributed by atoms with E-state index in [1.807, 2.05) is 44.2 Å². The van der Waals surface area contributed by atoms with E-state index >= 15 is 0 Å². The van der Waals surface area contributed by atoms with Crippen molar-refractivity contribution in [3.05, 3.63) is 129 Å². The molecular formula is C34H34Cl3N3O4S. The van der Waals surface area contributed by atoms with Crippen molar-refractivity contribution in [2.45, 2.75) is 50.2 Å². The Hall–Kier alpha value is -3.56. The second-order valence-electron chi connectivity index (χ2n) is 10.6. The summed E-state index contributed by atoms with van der Waals surface area (Å²) in [6, 6.07) is 27.3. The van der Waals surface area contributed by atoms with E-state index in [9.17, 15) is 18.0 Å². The van der Waals surface area contributed by atoms with Gasteiger partial charge in [-0.25, -0.2) is 8.42 Å². The molecule has 4 aromatic rings. The number of sulfonamides is 1. The van der Waals surface area contributed by atoms with E-state index in [-0.39, 0.29) is 45.5 Å². The van der Waals surface area contributed by atoms with Gasteiger partial charge in [-0.1, -0.05) is 102 Å². The predicted octanol–water partition coefficient (Wildman–Crippen LogP) is 7.40. The Balaban J connectivity index is 1.82. The Morgan fingerprint density at radius 1 is 0.778 bits per heavy atom. The van der Waals surface area contributed by atoms with Crippen LogP contribution >= 0.6 is 34.8 Å². The largest absolute Gasteiger partial charge is 0.352 e. The average Bonchev–Trinajstić information content (AvgIpc) is 3.02. The van der Waals surface area contributed by atoms with Crippen LogP contribution in [0.5, 0.6) is 0 Å². The van der Waals surface area contributed by atoms with Crippen molar-refractivity contribution in [1.29, 1.82) is 0 Å². The van der Waals surface area contributed by atoms with Crippen molar-refractivity contribution in [3.8, 4) is 0 Å². The molecule has 0 aliphatic rings. The van der Waals surface area contributed by atoms with Crippen LogP contribution in [0.15, 0.2) is 108 Å². The highest BCUT2D eigenvalue weighted by molar-refractivity contribution is 7.92. The van der Waals surface area contributed by atoms with Gasteiger partial charge in [0.2, 0.25) is 11.8 Å². The van der Waals surface area contributed by atoms with Crippen LogP contribution in [-0.2, 0) is 32.6 Å². The normalized spacial score (nSPS) is 12.6. The Labute approximate surface area is 279 Å². The second kappa shape index (κ2) is 15.6. The summed E-state index contributed by atoms with van der Waals surface area (Å²) >= 11 is 18.7. The van der Waals surface area contributed by atoms with Crippen LogP contribution in [0, 0.1) is 0 Å². The zero-order valence-corrected chi connectivity index (χ0v) is 28.0. The van der Waals surface area contributed by atoms with Gasteiger partial charge in [0, 0.05) is 34.1 Å². The number of hydrogen-bond acceptors (Lipinski definition) is 4. The second-order valence-corrected chi connectivity index (χ2v) is 13.8. The summed E-state index contributed by atoms with van der Waals surface area (Å²) in [5.41, 5.74) is 1.66. The monoisotopic (exact) mass is 685 g/mol. The number of rotatable bonds is 13. The van der Waals surface area contributed by atoms with E-state index in [4.69, 9.17) is 34.8 Å². The van der Waals surface area contributed by atoms with Gasteiger partial charge in [0.25, 0.3) is 10.0 Å². The summed E-state index contributed by atoms with van der Waals surface area (Å²) in [5.74, 6) is -0.945. The SMILES string of the molecule is CC[C@@H](C)NC(=O)[C@@H](Cc1ccccc1)N(Cc1ccc(Cl)cc1)C(=O)CN(c1cc(Cl)cc(Cl)c1)S(=O)(=O)c1ccccc1. The third-order valence-corrected chi connectivity index (χ3v) is 9.76. The molecule has 45 heavy (non-hydrogen) atoms. The number of hydrogen-bond donors (Lipinski definition) is 1. The molecule has 0 fully saturated rings. The Kier molecular flexibility index (Phi) is 11.9. The molecule has 0 saturated heterocycles. The third kappa shape index (κ3) is 9.23. The van der Waals surface area contributed by atoms with Gasteiger partial charge in [-0.05, 0) is 66.9 Å². The summed E-state index contributed by atoms with van der Waals surface area (Å²) in [5, 5.41) is 3.93. The van der Waals surface area contributed by atoms with E-state index in [0.717, 1.165) is 9.87 Å². The molecule has 0 aromatic heterocycles. The van der Waals surface area contributed by atoms with E-state index in [1.54, 1.807) is 42.5 Å². The van der Waals surface area contributed by atoms with E-state index in [1.165, 1.54) is 35.2 Å². The molecule has 0 saturated carbocycles. The molecule has 7 nitrogen and oxygen atoms in total. The van der Waals surface area contributed by atoms with Gasteiger partial charge in [-0.3, -0.25) is 13.9 Å². The predicted molar refractivity (Wildman–Crippen MR) is 181 cm³/mol. The quantitative estimate of drug-likeness (QED) is 0.159. The van der Waals surface area contributed by atoms with Crippen LogP contribution in [-0.4, -0.2) is 43.8 Å². The number of anilines is 1. The van der Waals surface area contributed by atoms with Crippen LogP contribution in [0.4, 0.5) is 5.69 Å². The lowest BCUT2D eigenvalue weighted by Gasteiger charge is -2.34. The Bertz CT molecular complexity index is 1690. The minimum Gasteiger partial charge on any atom is -0.352 e. The summed E-state index contributed by atoms with van der Waals surface area (Å²) in [4.78, 5) is 29.8. The molecule has 0 bridgehead atoms. The zero-order chi connectivity index (χ0) is 32.6. The van der Waals surface area contributed by atoms with E-state index in [0.29, 0.717) is 17.0 Å². The lowest BCUT2D eigenvalue weighted by Crippen LogP contribution is -2.54. The maximum atomic E-state index is 14.5. The molecule has 0 spiro atoms. The number of amides is 2. The van der Waals surface area contributed by atoms with E-state index in [2.05, 4.69) is 5.32 Å². The number of halogens is 3. The lowest BCUT2D eigenvalue weighted by atomic mass is 10.0. The van der Waals surface area contributed by atoms with Gasteiger partial charge >= 0.3 is 0 Å². The van der Waals surface area contributed by atoms with Gasteiger partial charge in [-0.15, -0.1) is 0 Å². The topological polar surface area (TPSA) is 86.8 Å². The minimum absolute atomic E-state index is 0.0199. The standard InChI is InChI=1S/C34H34Cl3N3O4S/c1-3-24(2)38-34(42)32(18-25-10-6-4-7-11-25)39(22-26-14-16-27(35)17-15-26)33(41)23-40(30-20-28(36)19-29(37)21-30)45(43,44)31-12-8-5-9-13-31/h4-17,19-21,24,32H,3,18,22-23H2,1-2H3,(H,38,42)/t24-,32-/m1/s1. The van der Waals surface area contributed by atoms with Crippen LogP contribution in [0.1, 0.15) is 31.4 Å². The Morgan fingerprint density at radius 2 is 1.36 bits per heavy atom. The molecule has 2 atom stereocenters. The first-order valence-electron chi connectivity index (χ1n) is 14.4. The molecule has 0 radical (unpaired) electrons. The molecule has 0 heterocycles. The van der Waals surface area contributed by atoms with Crippen molar-refractivity contribution in [1.82, 2.24) is 10.2 Å². The van der Waals surface area contributed by atoms with Crippen LogP contribution in [0.2, 0.25) is 15.1 Å². The number of carbonyl (C=O) groups excluding carboxylic acids is 2. The highest BCUT2D eigenvalue weighted by Crippen LogP contribution is 2.30. The number of benzene rings is 4. The molecule has 2 amide bonds. The van der Waals surface area contributed by atoms with Gasteiger partial charge in [0.15, 0.2) is 0 Å². The van der Waals surface area contributed by atoms with Crippen LogP contribution < -0.4 is 9.62 Å². The average molecular weight is 687 g/mol. The molecule has 4 aromatic carbocycles. The zero-order valence-electron chi connectivity index (χ0n) is 24.9.